The Morgan fingerprint density at radius 2 is 1.14 bits per heavy atom. The van der Waals surface area contributed by atoms with E-state index >= 15 is 0 Å². The van der Waals surface area contributed by atoms with Gasteiger partial charge in [0.2, 0.25) is 0 Å². The molecule has 0 radical (unpaired) electrons. The Balaban J connectivity index is -0.0000000800. The molecule has 38 valence electrons. The zero-order chi connectivity index (χ0) is 4.50. The second kappa shape index (κ2) is 6.33. The second-order valence-corrected chi connectivity index (χ2v) is 1.68. The monoisotopic (exact) mass is 211 g/mol. The van der Waals surface area contributed by atoms with Crippen LogP contribution in [-0.2, 0) is 38.3 Å². The predicted octanol–water partition coefficient (Wildman–Crippen LogP) is -5.62. The molecular weight excluding hydrogens is 211 g/mol. The first kappa shape index (κ1) is 16.1. The number of rotatable bonds is 0. The van der Waals surface area contributed by atoms with Gasteiger partial charge < -0.3 is 0 Å². The summed E-state index contributed by atoms with van der Waals surface area (Å²) in [6, 6.07) is 0. The van der Waals surface area contributed by atoms with Crippen LogP contribution in [0.25, 0.3) is 0 Å². The minimum absolute atomic E-state index is 0. The van der Waals surface area contributed by atoms with E-state index in [-0.39, 0.29) is 68.5 Å². The molecule has 0 saturated heterocycles. The van der Waals surface area contributed by atoms with Gasteiger partial charge >= 0.3 is 98.0 Å². The molecule has 4 nitrogen and oxygen atoms in total. The molecule has 0 aliphatic heterocycles. The summed E-state index contributed by atoms with van der Waals surface area (Å²) in [7, 11) is 0. The zero-order valence-corrected chi connectivity index (χ0v) is 8.90. The van der Waals surface area contributed by atoms with E-state index in [4.69, 9.17) is 15.9 Å². The van der Waals surface area contributed by atoms with Crippen molar-refractivity contribution < 1.29 is 98.0 Å². The molecule has 0 amide bonds. The van der Waals surface area contributed by atoms with Crippen molar-refractivity contribution in [3.05, 3.63) is 0 Å². The van der Waals surface area contributed by atoms with Gasteiger partial charge in [0.25, 0.3) is 0 Å². The zero-order valence-electron chi connectivity index (χ0n) is 3.39. The Morgan fingerprint density at radius 1 is 1.14 bits per heavy atom. The molecule has 0 spiro atoms. The molecule has 0 aromatic carbocycles. The van der Waals surface area contributed by atoms with Gasteiger partial charge in [-0.15, -0.1) is 0 Å². The van der Waals surface area contributed by atoms with Crippen LogP contribution in [0.5, 0.6) is 0 Å². The topological polar surface area (TPSA) is 80.3 Å². The van der Waals surface area contributed by atoms with Crippen LogP contribution in [0.15, 0.2) is 0 Å². The molecule has 7 heavy (non-hydrogen) atoms. The van der Waals surface area contributed by atoms with Crippen LogP contribution >= 0.6 is 0 Å². The van der Waals surface area contributed by atoms with Crippen LogP contribution in [0.4, 0.5) is 0 Å². The van der Waals surface area contributed by atoms with Crippen LogP contribution in [0.3, 0.4) is 0 Å². The van der Waals surface area contributed by atoms with Gasteiger partial charge in [0.15, 0.2) is 0 Å². The molecule has 0 N–H and O–H groups in total. The molecule has 0 fully saturated rings. The fourth-order valence-electron chi connectivity index (χ4n) is 0. The third-order valence-electron chi connectivity index (χ3n) is 0. The van der Waals surface area contributed by atoms with Crippen molar-refractivity contribution in [2.45, 2.75) is 0 Å². The van der Waals surface area contributed by atoms with Crippen molar-refractivity contribution in [3.8, 4) is 0 Å². The summed E-state index contributed by atoms with van der Waals surface area (Å²) in [5.74, 6) is 0. The molecular formula is CrFeKO4+. The summed E-state index contributed by atoms with van der Waals surface area (Å²) in [4.78, 5) is 0. The molecule has 0 aliphatic carbocycles. The predicted molar refractivity (Wildman–Crippen MR) is 1.37 cm³/mol. The number of hydrogen-bond donors (Lipinski definition) is 0. The van der Waals surface area contributed by atoms with Gasteiger partial charge in [-0.25, -0.2) is 0 Å². The van der Waals surface area contributed by atoms with Crippen molar-refractivity contribution in [2.75, 3.05) is 0 Å². The van der Waals surface area contributed by atoms with E-state index < -0.39 is 13.6 Å². The van der Waals surface area contributed by atoms with Crippen molar-refractivity contribution in [1.29, 1.82) is 0 Å². The standard InChI is InChI=1S/Cr.Fe.K.4O/q;+2;+1;;;2*-1. The normalized spacial score (nSPS) is 8.29. The molecule has 0 unspecified atom stereocenters. The van der Waals surface area contributed by atoms with Crippen molar-refractivity contribution in [1.82, 2.24) is 0 Å². The summed E-state index contributed by atoms with van der Waals surface area (Å²) in [5.41, 5.74) is 0. The quantitative estimate of drug-likeness (QED) is 0.374. The third kappa shape index (κ3) is 64.9. The fraction of sp³-hybridized carbons (Fsp3) is 0. The van der Waals surface area contributed by atoms with Gasteiger partial charge in [-0.3, -0.25) is 0 Å². The Bertz CT molecular complexity index is 94.9. The van der Waals surface area contributed by atoms with Crippen molar-refractivity contribution in [2.24, 2.45) is 0 Å². The van der Waals surface area contributed by atoms with Gasteiger partial charge in [-0.1, -0.05) is 0 Å². The van der Waals surface area contributed by atoms with E-state index in [0.717, 1.165) is 0 Å². The maximum atomic E-state index is 8.59. The molecule has 0 aromatic heterocycles. The molecule has 0 atom stereocenters. The van der Waals surface area contributed by atoms with Crippen LogP contribution < -0.4 is 59.7 Å². The molecule has 7 heteroatoms. The van der Waals surface area contributed by atoms with Crippen LogP contribution in [0, 0.1) is 0 Å². The van der Waals surface area contributed by atoms with Crippen LogP contribution in [0.2, 0.25) is 0 Å². The van der Waals surface area contributed by atoms with E-state index in [2.05, 4.69) is 0 Å². The van der Waals surface area contributed by atoms with Gasteiger partial charge in [-0.2, -0.15) is 0 Å². The van der Waals surface area contributed by atoms with E-state index in [1.165, 1.54) is 0 Å². The Hall–Kier alpha value is 2.21. The molecule has 0 heterocycles. The molecule has 0 saturated carbocycles. The molecule has 0 aliphatic rings. The van der Waals surface area contributed by atoms with E-state index in [0.29, 0.717) is 0 Å². The van der Waals surface area contributed by atoms with Crippen molar-refractivity contribution >= 4 is 0 Å². The first-order valence-electron chi connectivity index (χ1n) is 0.667. The summed E-state index contributed by atoms with van der Waals surface area (Å²) in [6.45, 7) is 0. The first-order chi connectivity index (χ1) is 2.00. The van der Waals surface area contributed by atoms with Gasteiger partial charge in [0.1, 0.15) is 0 Å². The number of hydrogen-bond acceptors (Lipinski definition) is 4. The summed E-state index contributed by atoms with van der Waals surface area (Å²) in [5, 5.41) is 0. The van der Waals surface area contributed by atoms with E-state index in [1.807, 2.05) is 0 Å². The van der Waals surface area contributed by atoms with Gasteiger partial charge in [0.05, 0.1) is 0 Å². The second-order valence-electron chi connectivity index (χ2n) is 0.408. The van der Waals surface area contributed by atoms with Gasteiger partial charge in [-0.05, 0) is 0 Å². The average Bonchev–Trinajstić information content (AvgIpc) is 0.722. The molecule has 0 bridgehead atoms. The molecule has 0 rings (SSSR count). The van der Waals surface area contributed by atoms with E-state index in [1.54, 1.807) is 0 Å². The van der Waals surface area contributed by atoms with Gasteiger partial charge in [0, 0.05) is 0 Å². The van der Waals surface area contributed by atoms with Crippen LogP contribution in [-0.4, -0.2) is 0 Å². The Kier molecular flexibility index (Phi) is 14.6. The SMILES string of the molecule is [Fe+2].[K+].[O]=[Cr](=[O])([O-])[O-]. The average molecular weight is 211 g/mol. The fourth-order valence-corrected chi connectivity index (χ4v) is 0. The summed E-state index contributed by atoms with van der Waals surface area (Å²) >= 11 is -5.75. The summed E-state index contributed by atoms with van der Waals surface area (Å²) < 4.78 is 34.4. The molecule has 0 aromatic rings. The third-order valence-corrected chi connectivity index (χ3v) is 0. The first-order valence-corrected chi connectivity index (χ1v) is 2.75. The minimum atomic E-state index is -5.75. The van der Waals surface area contributed by atoms with Crippen LogP contribution in [0.1, 0.15) is 0 Å². The Morgan fingerprint density at radius 3 is 1.14 bits per heavy atom. The maximum absolute atomic E-state index is 8.59. The van der Waals surface area contributed by atoms with E-state index in [9.17, 15) is 0 Å². The Labute approximate surface area is 96.0 Å². The summed E-state index contributed by atoms with van der Waals surface area (Å²) in [6.07, 6.45) is 0. The van der Waals surface area contributed by atoms with Crippen molar-refractivity contribution in [3.63, 3.8) is 0 Å².